The van der Waals surface area contributed by atoms with Gasteiger partial charge in [0, 0.05) is 30.3 Å². The average Bonchev–Trinajstić information content (AvgIpc) is 2.77. The van der Waals surface area contributed by atoms with Gasteiger partial charge in [0.15, 0.2) is 9.84 Å². The third-order valence-electron chi connectivity index (χ3n) is 3.77. The Kier molecular flexibility index (Phi) is 6.85. The first kappa shape index (κ1) is 19.4. The third kappa shape index (κ3) is 4.94. The second-order valence-electron chi connectivity index (χ2n) is 5.64. The van der Waals surface area contributed by atoms with Crippen LogP contribution in [0.15, 0.2) is 6.07 Å². The Morgan fingerprint density at radius 1 is 1.50 bits per heavy atom. The van der Waals surface area contributed by atoms with E-state index in [4.69, 9.17) is 0 Å². The van der Waals surface area contributed by atoms with Gasteiger partial charge in [-0.05, 0) is 38.4 Å². The molecule has 0 bridgehead atoms. The molecular formula is C14H23ClN2O3S2. The van der Waals surface area contributed by atoms with E-state index in [1.165, 1.54) is 17.6 Å². The Morgan fingerprint density at radius 3 is 2.77 bits per heavy atom. The summed E-state index contributed by atoms with van der Waals surface area (Å²) in [6.07, 6.45) is 3.30. The van der Waals surface area contributed by atoms with Crippen LogP contribution in [0.2, 0.25) is 0 Å². The largest absolute Gasteiger partial charge is 0.336 e. The number of carbonyl (C=O) groups excluding carboxylic acids is 1. The topological polar surface area (TPSA) is 66.5 Å². The Hall–Kier alpha value is -0.630. The lowest BCUT2D eigenvalue weighted by Crippen LogP contribution is -2.46. The summed E-state index contributed by atoms with van der Waals surface area (Å²) in [6, 6.07) is 2.09. The number of sulfone groups is 1. The minimum Gasteiger partial charge on any atom is -0.336 e. The molecule has 1 saturated heterocycles. The summed E-state index contributed by atoms with van der Waals surface area (Å²) in [7, 11) is -1.16. The van der Waals surface area contributed by atoms with Gasteiger partial charge in [-0.15, -0.1) is 23.7 Å². The summed E-state index contributed by atoms with van der Waals surface area (Å²) < 4.78 is 22.8. The molecule has 22 heavy (non-hydrogen) atoms. The molecule has 0 aliphatic carbocycles. The fourth-order valence-corrected chi connectivity index (χ4v) is 4.57. The number of nitrogens with one attached hydrogen (secondary N) is 1. The molecule has 2 heterocycles. The summed E-state index contributed by atoms with van der Waals surface area (Å²) in [5.74, 6) is 0.0182. The highest BCUT2D eigenvalue weighted by Gasteiger charge is 2.25. The van der Waals surface area contributed by atoms with E-state index >= 15 is 0 Å². The van der Waals surface area contributed by atoms with Gasteiger partial charge >= 0.3 is 0 Å². The Bertz CT molecular complexity index is 628. The van der Waals surface area contributed by atoms with Gasteiger partial charge in [-0.1, -0.05) is 0 Å². The second-order valence-corrected chi connectivity index (χ2v) is 9.04. The Balaban J connectivity index is 0.00000242. The van der Waals surface area contributed by atoms with Crippen LogP contribution in [0.3, 0.4) is 0 Å². The van der Waals surface area contributed by atoms with Crippen LogP contribution >= 0.6 is 23.7 Å². The maximum absolute atomic E-state index is 12.6. The number of carbonyl (C=O) groups is 1. The smallest absolute Gasteiger partial charge is 0.263 e. The van der Waals surface area contributed by atoms with Crippen molar-refractivity contribution >= 4 is 39.5 Å². The number of aryl methyl sites for hydroxylation is 1. The highest BCUT2D eigenvalue weighted by Crippen LogP contribution is 2.25. The van der Waals surface area contributed by atoms with Gasteiger partial charge < -0.3 is 10.2 Å². The van der Waals surface area contributed by atoms with Gasteiger partial charge in [-0.25, -0.2) is 8.42 Å². The first-order valence-corrected chi connectivity index (χ1v) is 9.91. The molecule has 5 nitrogen and oxygen atoms in total. The summed E-state index contributed by atoms with van der Waals surface area (Å²) >= 11 is 1.39. The molecule has 1 fully saturated rings. The fourth-order valence-electron chi connectivity index (χ4n) is 2.60. The molecule has 1 aromatic heterocycles. The zero-order valence-corrected chi connectivity index (χ0v) is 15.5. The summed E-state index contributed by atoms with van der Waals surface area (Å²) in [6.45, 7) is 3.36. The summed E-state index contributed by atoms with van der Waals surface area (Å²) in [5, 5.41) is 3.22. The van der Waals surface area contributed by atoms with Crippen molar-refractivity contribution in [1.29, 1.82) is 0 Å². The van der Waals surface area contributed by atoms with Gasteiger partial charge in [0.25, 0.3) is 5.91 Å². The Morgan fingerprint density at radius 2 is 2.18 bits per heavy atom. The molecule has 1 aliphatic rings. The van der Waals surface area contributed by atoms with Gasteiger partial charge in [0.2, 0.25) is 0 Å². The minimum atomic E-state index is -3.08. The monoisotopic (exact) mass is 366 g/mol. The number of halogens is 1. The molecule has 0 radical (unpaired) electrons. The van der Waals surface area contributed by atoms with Crippen LogP contribution < -0.4 is 5.32 Å². The number of likely N-dealkylation sites (N-methyl/N-ethyl adjacent to an activating group) is 1. The lowest BCUT2D eigenvalue weighted by molar-refractivity contribution is 0.0703. The van der Waals surface area contributed by atoms with Crippen molar-refractivity contribution in [3.63, 3.8) is 0 Å². The number of nitrogens with zero attached hydrogens (tertiary/aromatic N) is 1. The van der Waals surface area contributed by atoms with Crippen molar-refractivity contribution in [2.24, 2.45) is 0 Å². The van der Waals surface area contributed by atoms with Gasteiger partial charge in [-0.2, -0.15) is 0 Å². The molecule has 0 spiro atoms. The number of hydrogen-bond donors (Lipinski definition) is 1. The highest BCUT2D eigenvalue weighted by molar-refractivity contribution is 7.89. The number of rotatable bonds is 4. The zero-order valence-electron chi connectivity index (χ0n) is 13.1. The van der Waals surface area contributed by atoms with Crippen molar-refractivity contribution in [3.8, 4) is 0 Å². The van der Waals surface area contributed by atoms with Crippen molar-refractivity contribution < 1.29 is 13.2 Å². The molecule has 1 amide bonds. The molecule has 1 N–H and O–H groups in total. The maximum atomic E-state index is 12.6. The predicted octanol–water partition coefficient (Wildman–Crippen LogP) is 1.85. The SMILES string of the molecule is CNC1CCCN(C(=O)c2cc(CS(C)(=O)=O)c(C)s2)C1.Cl. The maximum Gasteiger partial charge on any atom is 0.263 e. The molecule has 8 heteroatoms. The van der Waals surface area contributed by atoms with E-state index in [9.17, 15) is 13.2 Å². The van der Waals surface area contributed by atoms with Gasteiger partial charge in [-0.3, -0.25) is 4.79 Å². The van der Waals surface area contributed by atoms with E-state index in [1.807, 2.05) is 18.9 Å². The standard InChI is InChI=1S/C14H22N2O3S2.ClH/c1-10-11(9-21(3,18)19)7-13(20-10)14(17)16-6-4-5-12(8-16)15-2;/h7,12,15H,4-6,8-9H2,1-3H3;1H. The van der Waals surface area contributed by atoms with Crippen LogP contribution in [0.4, 0.5) is 0 Å². The quantitative estimate of drug-likeness (QED) is 0.883. The second kappa shape index (κ2) is 7.77. The van der Waals surface area contributed by atoms with Crippen molar-refractivity contribution in [2.75, 3.05) is 26.4 Å². The number of likely N-dealkylation sites (tertiary alicyclic amines) is 1. The van der Waals surface area contributed by atoms with Gasteiger partial charge in [0.05, 0.1) is 10.6 Å². The molecule has 0 aromatic carbocycles. The molecule has 0 saturated carbocycles. The van der Waals surface area contributed by atoms with E-state index < -0.39 is 9.84 Å². The van der Waals surface area contributed by atoms with Crippen LogP contribution in [0, 0.1) is 6.92 Å². The van der Waals surface area contributed by atoms with Crippen molar-refractivity contribution in [2.45, 2.75) is 31.6 Å². The van der Waals surface area contributed by atoms with E-state index in [1.54, 1.807) is 6.07 Å². The zero-order chi connectivity index (χ0) is 15.6. The van der Waals surface area contributed by atoms with E-state index in [0.29, 0.717) is 17.5 Å². The van der Waals surface area contributed by atoms with Crippen LogP contribution in [0.5, 0.6) is 0 Å². The van der Waals surface area contributed by atoms with E-state index in [2.05, 4.69) is 5.32 Å². The first-order chi connectivity index (χ1) is 9.80. The first-order valence-electron chi connectivity index (χ1n) is 7.03. The fraction of sp³-hybridized carbons (Fsp3) is 0.643. The lowest BCUT2D eigenvalue weighted by Gasteiger charge is -2.32. The lowest BCUT2D eigenvalue weighted by atomic mass is 10.1. The predicted molar refractivity (Wildman–Crippen MR) is 92.8 cm³/mol. The van der Waals surface area contributed by atoms with Crippen LogP contribution in [0.25, 0.3) is 0 Å². The molecule has 2 rings (SSSR count). The van der Waals surface area contributed by atoms with Crippen molar-refractivity contribution in [1.82, 2.24) is 10.2 Å². The van der Waals surface area contributed by atoms with Crippen LogP contribution in [0.1, 0.15) is 33.0 Å². The highest BCUT2D eigenvalue weighted by atomic mass is 35.5. The van der Waals surface area contributed by atoms with E-state index in [-0.39, 0.29) is 24.1 Å². The van der Waals surface area contributed by atoms with Crippen LogP contribution in [-0.4, -0.2) is 51.7 Å². The van der Waals surface area contributed by atoms with Crippen molar-refractivity contribution in [3.05, 3.63) is 21.4 Å². The van der Waals surface area contributed by atoms with Crippen LogP contribution in [-0.2, 0) is 15.6 Å². The number of piperidine rings is 1. The minimum absolute atomic E-state index is 0. The number of thiophene rings is 1. The molecule has 1 aliphatic heterocycles. The summed E-state index contributed by atoms with van der Waals surface area (Å²) in [5.41, 5.74) is 0.744. The third-order valence-corrected chi connectivity index (χ3v) is 5.68. The summed E-state index contributed by atoms with van der Waals surface area (Å²) in [4.78, 5) is 16.0. The molecule has 1 unspecified atom stereocenters. The number of hydrogen-bond acceptors (Lipinski definition) is 5. The van der Waals surface area contributed by atoms with E-state index in [0.717, 1.165) is 29.8 Å². The molecular weight excluding hydrogens is 344 g/mol. The average molecular weight is 367 g/mol. The van der Waals surface area contributed by atoms with Gasteiger partial charge in [0.1, 0.15) is 0 Å². The molecule has 1 atom stereocenters. The normalized spacial score (nSPS) is 18.9. The Labute approximate surface area is 142 Å². The number of amides is 1. The molecule has 126 valence electrons. The molecule has 1 aromatic rings.